The Bertz CT molecular complexity index is 298. The summed E-state index contributed by atoms with van der Waals surface area (Å²) in [6.45, 7) is 3.24. The summed E-state index contributed by atoms with van der Waals surface area (Å²) in [5.41, 5.74) is 8.34. The molecule has 0 atom stereocenters. The van der Waals surface area contributed by atoms with Gasteiger partial charge in [-0.05, 0) is 31.2 Å². The van der Waals surface area contributed by atoms with Crippen molar-refractivity contribution in [1.82, 2.24) is 9.80 Å². The van der Waals surface area contributed by atoms with E-state index in [-0.39, 0.29) is 12.1 Å². The van der Waals surface area contributed by atoms with Gasteiger partial charge < -0.3 is 9.80 Å². The maximum absolute atomic E-state index is 12.0. The van der Waals surface area contributed by atoms with Gasteiger partial charge >= 0.3 is 6.03 Å². The number of hydrogen-bond donors (Lipinski definition) is 0. The summed E-state index contributed by atoms with van der Waals surface area (Å²) in [7, 11) is 0. The van der Waals surface area contributed by atoms with Crippen LogP contribution in [0, 0.1) is 0 Å². The molecule has 0 aliphatic carbocycles. The maximum atomic E-state index is 12.0. The molecular weight excluding hydrogens is 206 g/mol. The maximum Gasteiger partial charge on any atom is 0.319 e. The van der Waals surface area contributed by atoms with E-state index in [0.29, 0.717) is 0 Å². The molecule has 2 aliphatic rings. The average Bonchev–Trinajstić information content (AvgIpc) is 2.83. The van der Waals surface area contributed by atoms with Crippen LogP contribution < -0.4 is 0 Å². The molecule has 0 N–H and O–H groups in total. The summed E-state index contributed by atoms with van der Waals surface area (Å²) in [5.74, 6) is 0. The topological polar surface area (TPSA) is 72.3 Å². The Morgan fingerprint density at radius 3 is 2.25 bits per heavy atom. The molecule has 6 heteroatoms. The van der Waals surface area contributed by atoms with E-state index in [1.54, 1.807) is 0 Å². The van der Waals surface area contributed by atoms with Gasteiger partial charge in [-0.2, -0.15) is 0 Å². The predicted octanol–water partition coefficient (Wildman–Crippen LogP) is 1.98. The Kier molecular flexibility index (Phi) is 3.51. The molecule has 2 aliphatic heterocycles. The van der Waals surface area contributed by atoms with Gasteiger partial charge in [-0.1, -0.05) is 5.11 Å². The van der Waals surface area contributed by atoms with Crippen LogP contribution in [-0.2, 0) is 0 Å². The van der Waals surface area contributed by atoms with Crippen LogP contribution in [0.1, 0.15) is 25.7 Å². The lowest BCUT2D eigenvalue weighted by atomic mass is 10.1. The van der Waals surface area contributed by atoms with Crippen molar-refractivity contribution in [3.8, 4) is 0 Å². The molecule has 2 saturated heterocycles. The highest BCUT2D eigenvalue weighted by molar-refractivity contribution is 5.74. The molecule has 0 bridgehead atoms. The van der Waals surface area contributed by atoms with Crippen molar-refractivity contribution in [2.24, 2.45) is 5.11 Å². The van der Waals surface area contributed by atoms with Crippen LogP contribution in [0.4, 0.5) is 4.79 Å². The first-order valence-electron chi connectivity index (χ1n) is 5.89. The van der Waals surface area contributed by atoms with Gasteiger partial charge in [-0.3, -0.25) is 0 Å². The van der Waals surface area contributed by atoms with Gasteiger partial charge in [0.2, 0.25) is 0 Å². The van der Waals surface area contributed by atoms with Crippen LogP contribution in [-0.4, -0.2) is 48.1 Å². The van der Waals surface area contributed by atoms with Crippen LogP contribution in [0.25, 0.3) is 10.4 Å². The number of piperidine rings is 1. The number of azide groups is 1. The highest BCUT2D eigenvalue weighted by atomic mass is 16.2. The van der Waals surface area contributed by atoms with E-state index < -0.39 is 0 Å². The van der Waals surface area contributed by atoms with Crippen molar-refractivity contribution in [1.29, 1.82) is 0 Å². The predicted molar refractivity (Wildman–Crippen MR) is 59.9 cm³/mol. The third-order valence-corrected chi connectivity index (χ3v) is 3.33. The number of amides is 2. The fraction of sp³-hybridized carbons (Fsp3) is 0.900. The zero-order valence-corrected chi connectivity index (χ0v) is 9.38. The van der Waals surface area contributed by atoms with E-state index in [1.165, 1.54) is 0 Å². The molecule has 6 nitrogen and oxygen atoms in total. The van der Waals surface area contributed by atoms with Gasteiger partial charge in [0, 0.05) is 37.1 Å². The molecule has 2 amide bonds. The van der Waals surface area contributed by atoms with Crippen LogP contribution >= 0.6 is 0 Å². The zero-order chi connectivity index (χ0) is 11.4. The van der Waals surface area contributed by atoms with Crippen molar-refractivity contribution < 1.29 is 4.79 Å². The second-order valence-electron chi connectivity index (χ2n) is 4.40. The molecule has 0 unspecified atom stereocenters. The summed E-state index contributed by atoms with van der Waals surface area (Å²) in [5, 5.41) is 3.70. The summed E-state index contributed by atoms with van der Waals surface area (Å²) < 4.78 is 0. The number of carbonyl (C=O) groups excluding carboxylic acids is 1. The summed E-state index contributed by atoms with van der Waals surface area (Å²) in [6, 6.07) is 0.240. The quantitative estimate of drug-likeness (QED) is 0.380. The highest BCUT2D eigenvalue weighted by Crippen LogP contribution is 2.17. The number of hydrogen-bond acceptors (Lipinski definition) is 2. The second-order valence-corrected chi connectivity index (χ2v) is 4.40. The van der Waals surface area contributed by atoms with E-state index in [2.05, 4.69) is 10.0 Å². The number of carbonyl (C=O) groups is 1. The monoisotopic (exact) mass is 223 g/mol. The largest absolute Gasteiger partial charge is 0.325 e. The molecule has 2 rings (SSSR count). The fourth-order valence-corrected chi connectivity index (χ4v) is 2.35. The molecular formula is C10H17N5O. The Morgan fingerprint density at radius 1 is 1.12 bits per heavy atom. The molecule has 0 aromatic carbocycles. The minimum atomic E-state index is 0.0765. The first kappa shape index (κ1) is 11.1. The Hall–Kier alpha value is -1.42. The molecule has 2 fully saturated rings. The van der Waals surface area contributed by atoms with Gasteiger partial charge in [-0.15, -0.1) is 0 Å². The minimum absolute atomic E-state index is 0.0765. The second kappa shape index (κ2) is 5.07. The smallest absolute Gasteiger partial charge is 0.319 e. The van der Waals surface area contributed by atoms with Crippen LogP contribution in [0.5, 0.6) is 0 Å². The van der Waals surface area contributed by atoms with Gasteiger partial charge in [0.05, 0.1) is 0 Å². The van der Waals surface area contributed by atoms with Gasteiger partial charge in [0.1, 0.15) is 0 Å². The summed E-state index contributed by atoms with van der Waals surface area (Å²) in [4.78, 5) is 18.6. The first-order chi connectivity index (χ1) is 7.81. The van der Waals surface area contributed by atoms with E-state index in [0.717, 1.165) is 51.9 Å². The molecule has 0 aromatic heterocycles. The molecule has 0 radical (unpaired) electrons. The molecule has 0 saturated carbocycles. The fourth-order valence-electron chi connectivity index (χ4n) is 2.35. The van der Waals surface area contributed by atoms with E-state index >= 15 is 0 Å². The highest BCUT2D eigenvalue weighted by Gasteiger charge is 2.27. The summed E-state index contributed by atoms with van der Waals surface area (Å²) >= 11 is 0. The van der Waals surface area contributed by atoms with Crippen molar-refractivity contribution in [3.05, 3.63) is 10.4 Å². The first-order valence-corrected chi connectivity index (χ1v) is 5.89. The van der Waals surface area contributed by atoms with Crippen molar-refractivity contribution >= 4 is 6.03 Å². The molecule has 16 heavy (non-hydrogen) atoms. The van der Waals surface area contributed by atoms with Gasteiger partial charge in [-0.25, -0.2) is 4.79 Å². The SMILES string of the molecule is [N-]=[N+]=NC1CCN(C(=O)N2CCCC2)CC1. The average molecular weight is 223 g/mol. The van der Waals surface area contributed by atoms with Crippen molar-refractivity contribution in [2.75, 3.05) is 26.2 Å². The van der Waals surface area contributed by atoms with Gasteiger partial charge in [0.25, 0.3) is 0 Å². The Balaban J connectivity index is 1.83. The lowest BCUT2D eigenvalue weighted by molar-refractivity contribution is 0.149. The normalized spacial score (nSPS) is 22.0. The number of nitrogens with zero attached hydrogens (tertiary/aromatic N) is 5. The van der Waals surface area contributed by atoms with Crippen molar-refractivity contribution in [3.63, 3.8) is 0 Å². The summed E-state index contributed by atoms with van der Waals surface area (Å²) in [6.07, 6.45) is 3.84. The Morgan fingerprint density at radius 2 is 1.69 bits per heavy atom. The zero-order valence-electron chi connectivity index (χ0n) is 9.38. The number of likely N-dealkylation sites (tertiary alicyclic amines) is 2. The molecule has 88 valence electrons. The van der Waals surface area contributed by atoms with Crippen molar-refractivity contribution in [2.45, 2.75) is 31.7 Å². The molecule has 2 heterocycles. The van der Waals surface area contributed by atoms with E-state index in [4.69, 9.17) is 5.53 Å². The van der Waals surface area contributed by atoms with E-state index in [9.17, 15) is 4.79 Å². The Labute approximate surface area is 94.8 Å². The van der Waals surface area contributed by atoms with Crippen LogP contribution in [0.15, 0.2) is 5.11 Å². The van der Waals surface area contributed by atoms with Gasteiger partial charge in [0.15, 0.2) is 0 Å². The van der Waals surface area contributed by atoms with E-state index in [1.807, 2.05) is 9.80 Å². The minimum Gasteiger partial charge on any atom is -0.325 e. The molecule has 0 aromatic rings. The third kappa shape index (κ3) is 2.39. The number of rotatable bonds is 1. The lowest BCUT2D eigenvalue weighted by Gasteiger charge is -2.33. The number of urea groups is 1. The molecule has 0 spiro atoms. The van der Waals surface area contributed by atoms with Crippen LogP contribution in [0.2, 0.25) is 0 Å². The third-order valence-electron chi connectivity index (χ3n) is 3.33. The lowest BCUT2D eigenvalue weighted by Crippen LogP contribution is -2.46. The van der Waals surface area contributed by atoms with Crippen LogP contribution in [0.3, 0.4) is 0 Å². The standard InChI is InChI=1S/C10H17N5O/c11-13-12-9-3-7-15(8-4-9)10(16)14-5-1-2-6-14/h9H,1-8H2.